The Hall–Kier alpha value is -1.17. The van der Waals surface area contributed by atoms with Crippen molar-refractivity contribution >= 4 is 26.0 Å². The van der Waals surface area contributed by atoms with E-state index in [1.165, 1.54) is 0 Å². The smallest absolute Gasteiger partial charge is 0.207 e. The highest BCUT2D eigenvalue weighted by Gasteiger charge is 2.16. The fourth-order valence-electron chi connectivity index (χ4n) is 1.90. The molecule has 1 N–H and O–H groups in total. The van der Waals surface area contributed by atoms with Gasteiger partial charge in [0.05, 0.1) is 4.90 Å². The van der Waals surface area contributed by atoms with E-state index in [1.54, 1.807) is 13.0 Å². The molecule has 0 heterocycles. The van der Waals surface area contributed by atoms with Gasteiger partial charge in [-0.2, -0.15) is 0 Å². The maximum absolute atomic E-state index is 12.3. The monoisotopic (exact) mass is 353 g/mol. The summed E-state index contributed by atoms with van der Waals surface area (Å²) in [5, 5.41) is 0. The predicted molar refractivity (Wildman–Crippen MR) is 84.1 cm³/mol. The van der Waals surface area contributed by atoms with E-state index in [0.29, 0.717) is 4.90 Å². The van der Waals surface area contributed by atoms with Crippen LogP contribution in [0.1, 0.15) is 16.7 Å². The summed E-state index contributed by atoms with van der Waals surface area (Å²) in [7, 11) is -3.49. The molecule has 0 aliphatic rings. The molecule has 5 heteroatoms. The molecule has 0 saturated carbocycles. The molecule has 2 aromatic carbocycles. The van der Waals surface area contributed by atoms with Gasteiger partial charge in [0, 0.05) is 11.0 Å². The van der Waals surface area contributed by atoms with Crippen molar-refractivity contribution in [1.82, 2.24) is 4.72 Å². The molecule has 0 bridgehead atoms. The van der Waals surface area contributed by atoms with E-state index in [-0.39, 0.29) is 6.54 Å². The highest BCUT2D eigenvalue weighted by Crippen LogP contribution is 2.17. The summed E-state index contributed by atoms with van der Waals surface area (Å²) in [5.74, 6) is 0. The summed E-state index contributed by atoms with van der Waals surface area (Å²) >= 11 is 3.37. The van der Waals surface area contributed by atoms with Crippen molar-refractivity contribution in [2.24, 2.45) is 0 Å². The maximum atomic E-state index is 12.3. The topological polar surface area (TPSA) is 46.2 Å². The zero-order chi connectivity index (χ0) is 14.8. The highest BCUT2D eigenvalue weighted by molar-refractivity contribution is 9.10. The molecule has 2 rings (SSSR count). The number of nitrogens with one attached hydrogen (secondary N) is 1. The largest absolute Gasteiger partial charge is 0.241 e. The van der Waals surface area contributed by atoms with E-state index in [9.17, 15) is 8.42 Å². The van der Waals surface area contributed by atoms with Gasteiger partial charge in [0.1, 0.15) is 0 Å². The summed E-state index contributed by atoms with van der Waals surface area (Å²) in [6, 6.07) is 13.0. The van der Waals surface area contributed by atoms with Gasteiger partial charge in [0.25, 0.3) is 0 Å². The summed E-state index contributed by atoms with van der Waals surface area (Å²) < 4.78 is 28.3. The van der Waals surface area contributed by atoms with E-state index in [4.69, 9.17) is 0 Å². The zero-order valence-corrected chi connectivity index (χ0v) is 13.8. The molecular weight excluding hydrogens is 338 g/mol. The van der Waals surface area contributed by atoms with Crippen LogP contribution in [0, 0.1) is 13.8 Å². The molecule has 20 heavy (non-hydrogen) atoms. The van der Waals surface area contributed by atoms with Crippen LogP contribution in [0.4, 0.5) is 0 Å². The first-order chi connectivity index (χ1) is 9.38. The molecule has 2 aromatic rings. The Labute approximate surface area is 128 Å². The first-order valence-corrected chi connectivity index (χ1v) is 8.47. The molecule has 0 unspecified atom stereocenters. The molecule has 0 saturated heterocycles. The van der Waals surface area contributed by atoms with Crippen molar-refractivity contribution in [3.8, 4) is 0 Å². The average Bonchev–Trinajstić information content (AvgIpc) is 2.39. The van der Waals surface area contributed by atoms with Crippen LogP contribution in [0.15, 0.2) is 51.8 Å². The lowest BCUT2D eigenvalue weighted by Gasteiger charge is -2.10. The van der Waals surface area contributed by atoms with Crippen LogP contribution in [-0.2, 0) is 16.6 Å². The number of benzene rings is 2. The Morgan fingerprint density at radius 3 is 2.55 bits per heavy atom. The summed E-state index contributed by atoms with van der Waals surface area (Å²) in [6.45, 7) is 3.95. The van der Waals surface area contributed by atoms with Crippen LogP contribution in [0.25, 0.3) is 0 Å². The second-order valence-corrected chi connectivity index (χ2v) is 7.37. The number of hydrogen-bond donors (Lipinski definition) is 1. The van der Waals surface area contributed by atoms with Gasteiger partial charge < -0.3 is 0 Å². The molecule has 0 aliphatic carbocycles. The van der Waals surface area contributed by atoms with Crippen molar-refractivity contribution in [2.45, 2.75) is 25.3 Å². The third kappa shape index (κ3) is 3.69. The van der Waals surface area contributed by atoms with Crippen molar-refractivity contribution in [2.75, 3.05) is 0 Å². The van der Waals surface area contributed by atoms with E-state index in [2.05, 4.69) is 20.7 Å². The second-order valence-electron chi connectivity index (χ2n) is 4.72. The SMILES string of the molecule is Cc1ccc(C)c(S(=O)(=O)NCc2cccc(Br)c2)c1. The minimum absolute atomic E-state index is 0.273. The van der Waals surface area contributed by atoms with Crippen LogP contribution < -0.4 is 4.72 Å². The van der Waals surface area contributed by atoms with Crippen molar-refractivity contribution in [3.05, 3.63) is 63.6 Å². The third-order valence-corrected chi connectivity index (χ3v) is 5.02. The Kier molecular flexibility index (Phi) is 4.62. The molecule has 0 radical (unpaired) electrons. The molecule has 0 aliphatic heterocycles. The van der Waals surface area contributed by atoms with E-state index in [1.807, 2.05) is 43.3 Å². The highest BCUT2D eigenvalue weighted by atomic mass is 79.9. The molecule has 0 spiro atoms. The number of hydrogen-bond acceptors (Lipinski definition) is 2. The van der Waals surface area contributed by atoms with Crippen LogP contribution in [0.5, 0.6) is 0 Å². The Morgan fingerprint density at radius 1 is 1.10 bits per heavy atom. The summed E-state index contributed by atoms with van der Waals surface area (Å²) in [6.07, 6.45) is 0. The van der Waals surface area contributed by atoms with Gasteiger partial charge in [0.15, 0.2) is 0 Å². The Morgan fingerprint density at radius 2 is 1.85 bits per heavy atom. The number of sulfonamides is 1. The van der Waals surface area contributed by atoms with E-state index < -0.39 is 10.0 Å². The first-order valence-electron chi connectivity index (χ1n) is 6.20. The molecule has 106 valence electrons. The molecular formula is C15H16BrNO2S. The molecule has 0 fully saturated rings. The van der Waals surface area contributed by atoms with Gasteiger partial charge in [-0.1, -0.05) is 40.2 Å². The minimum Gasteiger partial charge on any atom is -0.207 e. The molecule has 0 aromatic heterocycles. The van der Waals surface area contributed by atoms with Gasteiger partial charge in [-0.05, 0) is 48.7 Å². The van der Waals surface area contributed by atoms with Gasteiger partial charge >= 0.3 is 0 Å². The Bertz CT molecular complexity index is 726. The van der Waals surface area contributed by atoms with E-state index >= 15 is 0 Å². The number of rotatable bonds is 4. The third-order valence-electron chi connectivity index (χ3n) is 2.99. The van der Waals surface area contributed by atoms with Crippen molar-refractivity contribution in [3.63, 3.8) is 0 Å². The fourth-order valence-corrected chi connectivity index (χ4v) is 3.69. The van der Waals surface area contributed by atoms with Crippen molar-refractivity contribution < 1.29 is 8.42 Å². The van der Waals surface area contributed by atoms with Gasteiger partial charge in [-0.25, -0.2) is 13.1 Å². The van der Waals surface area contributed by atoms with Crippen LogP contribution in [0.3, 0.4) is 0 Å². The zero-order valence-electron chi connectivity index (χ0n) is 11.4. The maximum Gasteiger partial charge on any atom is 0.241 e. The molecule has 0 amide bonds. The van der Waals surface area contributed by atoms with Crippen LogP contribution in [0.2, 0.25) is 0 Å². The van der Waals surface area contributed by atoms with Crippen molar-refractivity contribution in [1.29, 1.82) is 0 Å². The first kappa shape index (κ1) is 15.2. The quantitative estimate of drug-likeness (QED) is 0.913. The lowest BCUT2D eigenvalue weighted by Crippen LogP contribution is -2.24. The normalized spacial score (nSPS) is 11.6. The van der Waals surface area contributed by atoms with E-state index in [0.717, 1.165) is 21.2 Å². The molecule has 0 atom stereocenters. The summed E-state index contributed by atoms with van der Waals surface area (Å²) in [4.78, 5) is 0.340. The van der Waals surface area contributed by atoms with Crippen LogP contribution in [-0.4, -0.2) is 8.42 Å². The Balaban J connectivity index is 2.21. The predicted octanol–water partition coefficient (Wildman–Crippen LogP) is 3.54. The van der Waals surface area contributed by atoms with Crippen LogP contribution >= 0.6 is 15.9 Å². The number of halogens is 1. The second kappa shape index (κ2) is 6.08. The summed E-state index contributed by atoms with van der Waals surface area (Å²) in [5.41, 5.74) is 2.59. The average molecular weight is 354 g/mol. The lowest BCUT2D eigenvalue weighted by molar-refractivity contribution is 0.580. The minimum atomic E-state index is -3.49. The van der Waals surface area contributed by atoms with Gasteiger partial charge in [-0.15, -0.1) is 0 Å². The molecule has 3 nitrogen and oxygen atoms in total. The fraction of sp³-hybridized carbons (Fsp3) is 0.200. The van der Waals surface area contributed by atoms with Gasteiger partial charge in [0.2, 0.25) is 10.0 Å². The lowest BCUT2D eigenvalue weighted by atomic mass is 10.2. The standard InChI is InChI=1S/C15H16BrNO2S/c1-11-6-7-12(2)15(8-11)20(18,19)17-10-13-4-3-5-14(16)9-13/h3-9,17H,10H2,1-2H3. The number of aryl methyl sites for hydroxylation is 2. The van der Waals surface area contributed by atoms with Gasteiger partial charge in [-0.3, -0.25) is 0 Å².